The van der Waals surface area contributed by atoms with Gasteiger partial charge in [0.2, 0.25) is 0 Å². The summed E-state index contributed by atoms with van der Waals surface area (Å²) in [5.41, 5.74) is 1.17. The summed E-state index contributed by atoms with van der Waals surface area (Å²) in [4.78, 5) is 24.5. The fourth-order valence-electron chi connectivity index (χ4n) is 3.13. The number of carbonyl (C=O) groups excluding carboxylic acids is 1. The van der Waals surface area contributed by atoms with Gasteiger partial charge in [-0.05, 0) is 25.5 Å². The van der Waals surface area contributed by atoms with Gasteiger partial charge in [-0.15, -0.1) is 5.92 Å². The van der Waals surface area contributed by atoms with E-state index in [0.29, 0.717) is 11.3 Å². The maximum absolute atomic E-state index is 12.5. The standard InChI is InChI=1S/C22H28N2O4/c1-3-5-6-7-8-9-10-11-12-19-14-13-18-17-20(24(26)27)15-16-21(18)23(19)22(25)28-4-2/h13-17,19H,3-10H2,1-2H3. The van der Waals surface area contributed by atoms with E-state index in [4.69, 9.17) is 4.74 Å². The molecule has 0 saturated heterocycles. The molecule has 1 unspecified atom stereocenters. The van der Waals surface area contributed by atoms with Gasteiger partial charge in [0.25, 0.3) is 5.69 Å². The number of nitro groups is 1. The Morgan fingerprint density at radius 3 is 2.68 bits per heavy atom. The van der Waals surface area contributed by atoms with Crippen LogP contribution < -0.4 is 4.90 Å². The van der Waals surface area contributed by atoms with Crippen LogP contribution in [0.25, 0.3) is 6.08 Å². The molecule has 1 aromatic carbocycles. The van der Waals surface area contributed by atoms with Gasteiger partial charge in [-0.25, -0.2) is 4.79 Å². The molecule has 150 valence electrons. The lowest BCUT2D eigenvalue weighted by molar-refractivity contribution is -0.384. The largest absolute Gasteiger partial charge is 0.449 e. The zero-order chi connectivity index (χ0) is 20.4. The molecule has 0 radical (unpaired) electrons. The summed E-state index contributed by atoms with van der Waals surface area (Å²) in [5, 5.41) is 11.0. The average molecular weight is 384 g/mol. The molecule has 1 aliphatic rings. The van der Waals surface area contributed by atoms with Gasteiger partial charge in [-0.3, -0.25) is 15.0 Å². The normalized spacial score (nSPS) is 14.8. The molecular weight excluding hydrogens is 356 g/mol. The van der Waals surface area contributed by atoms with E-state index in [-0.39, 0.29) is 12.3 Å². The van der Waals surface area contributed by atoms with Crippen LogP contribution in [0.15, 0.2) is 24.3 Å². The molecule has 0 saturated carbocycles. The number of nitro benzene ring substituents is 1. The van der Waals surface area contributed by atoms with Crippen molar-refractivity contribution in [2.75, 3.05) is 11.5 Å². The molecule has 2 rings (SSSR count). The van der Waals surface area contributed by atoms with Crippen molar-refractivity contribution in [3.05, 3.63) is 40.0 Å². The second-order valence-electron chi connectivity index (χ2n) is 6.71. The van der Waals surface area contributed by atoms with Crippen LogP contribution in [-0.4, -0.2) is 23.7 Å². The molecule has 0 aliphatic carbocycles. The minimum Gasteiger partial charge on any atom is -0.449 e. The molecule has 1 aliphatic heterocycles. The first-order valence-corrected chi connectivity index (χ1v) is 9.99. The molecular formula is C22H28N2O4. The second-order valence-corrected chi connectivity index (χ2v) is 6.71. The smallest absolute Gasteiger partial charge is 0.415 e. The number of nitrogens with zero attached hydrogens (tertiary/aromatic N) is 2. The SMILES string of the molecule is CCCCCCCCC#CC1C=Cc2cc([N+](=O)[O-])ccc2N1C(=O)OCC. The van der Waals surface area contributed by atoms with Crippen molar-refractivity contribution in [2.24, 2.45) is 0 Å². The quantitative estimate of drug-likeness (QED) is 0.249. The number of unbranched alkanes of at least 4 members (excludes halogenated alkanes) is 6. The van der Waals surface area contributed by atoms with Crippen molar-refractivity contribution in [3.63, 3.8) is 0 Å². The minimum absolute atomic E-state index is 0.0141. The molecule has 0 fully saturated rings. The molecule has 0 N–H and O–H groups in total. The highest BCUT2D eigenvalue weighted by molar-refractivity contribution is 5.94. The van der Waals surface area contributed by atoms with E-state index in [9.17, 15) is 14.9 Å². The van der Waals surface area contributed by atoms with Crippen LogP contribution in [0.2, 0.25) is 0 Å². The predicted octanol–water partition coefficient (Wildman–Crippen LogP) is 5.71. The van der Waals surface area contributed by atoms with Crippen LogP contribution in [0.4, 0.5) is 16.2 Å². The van der Waals surface area contributed by atoms with Crippen LogP contribution in [0, 0.1) is 22.0 Å². The third kappa shape index (κ3) is 5.85. The van der Waals surface area contributed by atoms with Gasteiger partial charge >= 0.3 is 6.09 Å². The number of rotatable bonds is 8. The number of carbonyl (C=O) groups is 1. The zero-order valence-electron chi connectivity index (χ0n) is 16.6. The summed E-state index contributed by atoms with van der Waals surface area (Å²) < 4.78 is 5.18. The van der Waals surface area contributed by atoms with Crippen LogP contribution >= 0.6 is 0 Å². The summed E-state index contributed by atoms with van der Waals surface area (Å²) in [6.45, 7) is 4.20. The Labute approximate surface area is 166 Å². The van der Waals surface area contributed by atoms with Crippen LogP contribution in [0.5, 0.6) is 0 Å². The molecule has 0 aromatic heterocycles. The molecule has 1 atom stereocenters. The molecule has 6 nitrogen and oxygen atoms in total. The van der Waals surface area contributed by atoms with Gasteiger partial charge < -0.3 is 4.74 Å². The molecule has 0 bridgehead atoms. The van der Waals surface area contributed by atoms with Crippen molar-refractivity contribution in [1.82, 2.24) is 0 Å². The fraction of sp³-hybridized carbons (Fsp3) is 0.500. The molecule has 1 heterocycles. The summed E-state index contributed by atoms with van der Waals surface area (Å²) in [6, 6.07) is 3.99. The first-order valence-electron chi connectivity index (χ1n) is 9.99. The summed E-state index contributed by atoms with van der Waals surface area (Å²) in [5.74, 6) is 6.32. The van der Waals surface area contributed by atoms with Gasteiger partial charge in [0.1, 0.15) is 6.04 Å². The number of non-ortho nitro benzene ring substituents is 1. The highest BCUT2D eigenvalue weighted by Gasteiger charge is 2.29. The Morgan fingerprint density at radius 2 is 1.96 bits per heavy atom. The van der Waals surface area contributed by atoms with E-state index < -0.39 is 17.1 Å². The molecule has 0 spiro atoms. The van der Waals surface area contributed by atoms with Crippen LogP contribution in [-0.2, 0) is 4.74 Å². The highest BCUT2D eigenvalue weighted by Crippen LogP contribution is 2.32. The Morgan fingerprint density at radius 1 is 1.21 bits per heavy atom. The van der Waals surface area contributed by atoms with Crippen LogP contribution in [0.1, 0.15) is 64.4 Å². The lowest BCUT2D eigenvalue weighted by Gasteiger charge is -2.30. The molecule has 1 aromatic rings. The lowest BCUT2D eigenvalue weighted by Crippen LogP contribution is -2.41. The number of ether oxygens (including phenoxy) is 1. The molecule has 28 heavy (non-hydrogen) atoms. The predicted molar refractivity (Wildman–Crippen MR) is 111 cm³/mol. The Balaban J connectivity index is 2.09. The minimum atomic E-state index is -0.499. The average Bonchev–Trinajstić information content (AvgIpc) is 2.69. The number of amides is 1. The van der Waals surface area contributed by atoms with Crippen LogP contribution in [0.3, 0.4) is 0 Å². The van der Waals surface area contributed by atoms with Gasteiger partial charge in [-0.2, -0.15) is 0 Å². The maximum Gasteiger partial charge on any atom is 0.415 e. The third-order valence-electron chi connectivity index (χ3n) is 4.59. The van der Waals surface area contributed by atoms with Gasteiger partial charge in [0, 0.05) is 24.1 Å². The summed E-state index contributed by atoms with van der Waals surface area (Å²) in [7, 11) is 0. The number of hydrogen-bond acceptors (Lipinski definition) is 4. The topological polar surface area (TPSA) is 72.7 Å². The van der Waals surface area contributed by atoms with E-state index in [1.807, 2.05) is 0 Å². The third-order valence-corrected chi connectivity index (χ3v) is 4.59. The number of benzene rings is 1. The second kappa shape index (κ2) is 11.1. The fourth-order valence-corrected chi connectivity index (χ4v) is 3.13. The van der Waals surface area contributed by atoms with Gasteiger partial charge in [-0.1, -0.05) is 51.0 Å². The van der Waals surface area contributed by atoms with Crippen molar-refractivity contribution in [2.45, 2.75) is 64.8 Å². The monoisotopic (exact) mass is 384 g/mol. The lowest BCUT2D eigenvalue weighted by atomic mass is 10.0. The first kappa shape index (κ1) is 21.5. The molecule has 1 amide bonds. The number of hydrogen-bond donors (Lipinski definition) is 0. The zero-order valence-corrected chi connectivity index (χ0v) is 16.6. The van der Waals surface area contributed by atoms with Gasteiger partial charge in [0.15, 0.2) is 0 Å². The Bertz CT molecular complexity index is 776. The van der Waals surface area contributed by atoms with Gasteiger partial charge in [0.05, 0.1) is 17.2 Å². The highest BCUT2D eigenvalue weighted by atomic mass is 16.6. The number of anilines is 1. The van der Waals surface area contributed by atoms with Crippen molar-refractivity contribution in [1.29, 1.82) is 0 Å². The summed E-state index contributed by atoms with van der Waals surface area (Å²) >= 11 is 0. The van der Waals surface area contributed by atoms with E-state index >= 15 is 0 Å². The van der Waals surface area contributed by atoms with Crippen molar-refractivity contribution >= 4 is 23.5 Å². The summed E-state index contributed by atoms with van der Waals surface area (Å²) in [6.07, 6.45) is 11.1. The molecule has 6 heteroatoms. The van der Waals surface area contributed by atoms with E-state index in [0.717, 1.165) is 12.8 Å². The van der Waals surface area contributed by atoms with E-state index in [1.165, 1.54) is 49.1 Å². The van der Waals surface area contributed by atoms with E-state index in [1.54, 1.807) is 25.1 Å². The van der Waals surface area contributed by atoms with Crippen molar-refractivity contribution in [3.8, 4) is 11.8 Å². The van der Waals surface area contributed by atoms with Crippen molar-refractivity contribution < 1.29 is 14.5 Å². The maximum atomic E-state index is 12.5. The van der Waals surface area contributed by atoms with E-state index in [2.05, 4.69) is 18.8 Å². The number of fused-ring (bicyclic) bond motifs is 1. The Kier molecular flexibility index (Phi) is 8.54. The Hall–Kier alpha value is -2.81. The first-order chi connectivity index (χ1) is 13.6.